The fraction of sp³-hybridized carbons (Fsp3) is 0.462. The SMILES string of the molecule is COc1ccc(C(N)=O)cc1NC1CCC(N)C1. The average molecular weight is 249 g/mol. The van der Waals surface area contributed by atoms with Crippen LogP contribution in [0, 0.1) is 0 Å². The number of carbonyl (C=O) groups excluding carboxylic acids is 1. The second kappa shape index (κ2) is 5.27. The Morgan fingerprint density at radius 1 is 1.44 bits per heavy atom. The molecule has 0 bridgehead atoms. The molecule has 1 aromatic carbocycles. The Hall–Kier alpha value is -1.75. The highest BCUT2D eigenvalue weighted by Gasteiger charge is 2.22. The number of hydrogen-bond acceptors (Lipinski definition) is 4. The van der Waals surface area contributed by atoms with Crippen LogP contribution in [0.5, 0.6) is 5.75 Å². The van der Waals surface area contributed by atoms with Gasteiger partial charge in [-0.1, -0.05) is 0 Å². The Labute approximate surface area is 106 Å². The molecule has 5 N–H and O–H groups in total. The van der Waals surface area contributed by atoms with Gasteiger partial charge >= 0.3 is 0 Å². The molecular formula is C13H19N3O2. The summed E-state index contributed by atoms with van der Waals surface area (Å²) < 4.78 is 5.27. The van der Waals surface area contributed by atoms with Crippen LogP contribution in [0.3, 0.4) is 0 Å². The number of methoxy groups -OCH3 is 1. The number of anilines is 1. The van der Waals surface area contributed by atoms with Gasteiger partial charge in [-0.3, -0.25) is 4.79 Å². The lowest BCUT2D eigenvalue weighted by Crippen LogP contribution is -2.21. The molecule has 0 aliphatic heterocycles. The Balaban J connectivity index is 2.18. The second-order valence-corrected chi connectivity index (χ2v) is 4.69. The van der Waals surface area contributed by atoms with Crippen LogP contribution >= 0.6 is 0 Å². The van der Waals surface area contributed by atoms with Gasteiger partial charge in [-0.25, -0.2) is 0 Å². The first-order chi connectivity index (χ1) is 8.60. The minimum atomic E-state index is -0.441. The van der Waals surface area contributed by atoms with Crippen molar-refractivity contribution in [3.63, 3.8) is 0 Å². The van der Waals surface area contributed by atoms with Crippen LogP contribution in [0.2, 0.25) is 0 Å². The van der Waals surface area contributed by atoms with Crippen LogP contribution in [0.15, 0.2) is 18.2 Å². The number of nitrogens with two attached hydrogens (primary N) is 2. The minimum Gasteiger partial charge on any atom is -0.495 e. The lowest BCUT2D eigenvalue weighted by molar-refractivity contribution is 0.100. The van der Waals surface area contributed by atoms with E-state index in [1.54, 1.807) is 25.3 Å². The highest BCUT2D eigenvalue weighted by Crippen LogP contribution is 2.29. The maximum Gasteiger partial charge on any atom is 0.248 e. The highest BCUT2D eigenvalue weighted by molar-refractivity contribution is 5.94. The van der Waals surface area contributed by atoms with Crippen molar-refractivity contribution in [3.8, 4) is 5.75 Å². The molecule has 2 unspecified atom stereocenters. The first-order valence-corrected chi connectivity index (χ1v) is 6.10. The maximum atomic E-state index is 11.2. The normalized spacial score (nSPS) is 22.8. The molecule has 1 aliphatic rings. The zero-order valence-electron chi connectivity index (χ0n) is 10.5. The molecular weight excluding hydrogens is 230 g/mol. The molecule has 98 valence electrons. The van der Waals surface area contributed by atoms with Crippen LogP contribution in [-0.4, -0.2) is 25.1 Å². The van der Waals surface area contributed by atoms with E-state index in [4.69, 9.17) is 16.2 Å². The maximum absolute atomic E-state index is 11.2. The first-order valence-electron chi connectivity index (χ1n) is 6.10. The third-order valence-corrected chi connectivity index (χ3v) is 3.32. The van der Waals surface area contributed by atoms with Crippen LogP contribution in [0.25, 0.3) is 0 Å². The molecule has 1 aromatic rings. The number of hydrogen-bond donors (Lipinski definition) is 3. The van der Waals surface area contributed by atoms with Gasteiger partial charge in [0.15, 0.2) is 0 Å². The molecule has 0 radical (unpaired) electrons. The molecule has 0 heterocycles. The van der Waals surface area contributed by atoms with Crippen molar-refractivity contribution in [1.82, 2.24) is 0 Å². The monoisotopic (exact) mass is 249 g/mol. The van der Waals surface area contributed by atoms with E-state index < -0.39 is 5.91 Å². The summed E-state index contributed by atoms with van der Waals surface area (Å²) in [4.78, 5) is 11.2. The van der Waals surface area contributed by atoms with E-state index in [9.17, 15) is 4.79 Å². The zero-order chi connectivity index (χ0) is 13.1. The number of nitrogens with one attached hydrogen (secondary N) is 1. The molecule has 0 saturated heterocycles. The van der Waals surface area contributed by atoms with Crippen molar-refractivity contribution in [1.29, 1.82) is 0 Å². The van der Waals surface area contributed by atoms with Crippen LogP contribution in [0.1, 0.15) is 29.6 Å². The Morgan fingerprint density at radius 3 is 2.78 bits per heavy atom. The fourth-order valence-corrected chi connectivity index (χ4v) is 2.34. The quantitative estimate of drug-likeness (QED) is 0.745. The smallest absolute Gasteiger partial charge is 0.248 e. The minimum absolute atomic E-state index is 0.257. The number of rotatable bonds is 4. The van der Waals surface area contributed by atoms with Gasteiger partial charge in [0.1, 0.15) is 5.75 Å². The number of benzene rings is 1. The van der Waals surface area contributed by atoms with Gasteiger partial charge < -0.3 is 21.5 Å². The van der Waals surface area contributed by atoms with Crippen molar-refractivity contribution < 1.29 is 9.53 Å². The lowest BCUT2D eigenvalue weighted by atomic mass is 10.1. The van der Waals surface area contributed by atoms with Gasteiger partial charge in [-0.05, 0) is 37.5 Å². The first kappa shape index (κ1) is 12.7. The standard InChI is InChI=1S/C13H19N3O2/c1-18-12-5-2-8(13(15)17)6-11(12)16-10-4-3-9(14)7-10/h2,5-6,9-10,16H,3-4,7,14H2,1H3,(H2,15,17). The van der Waals surface area contributed by atoms with Crippen LogP contribution in [0.4, 0.5) is 5.69 Å². The van der Waals surface area contributed by atoms with Crippen LogP contribution in [-0.2, 0) is 0 Å². The average Bonchev–Trinajstić information content (AvgIpc) is 2.74. The largest absolute Gasteiger partial charge is 0.495 e. The van der Waals surface area contributed by atoms with E-state index in [1.165, 1.54) is 0 Å². The molecule has 1 amide bonds. The van der Waals surface area contributed by atoms with Gasteiger partial charge in [-0.2, -0.15) is 0 Å². The van der Waals surface area contributed by atoms with Crippen molar-refractivity contribution in [2.75, 3.05) is 12.4 Å². The van der Waals surface area contributed by atoms with Crippen molar-refractivity contribution in [2.45, 2.75) is 31.3 Å². The third kappa shape index (κ3) is 2.73. The van der Waals surface area contributed by atoms with Gasteiger partial charge in [0, 0.05) is 17.6 Å². The number of carbonyl (C=O) groups is 1. The molecule has 5 heteroatoms. The number of amides is 1. The summed E-state index contributed by atoms with van der Waals surface area (Å²) in [5, 5.41) is 3.37. The highest BCUT2D eigenvalue weighted by atomic mass is 16.5. The molecule has 0 spiro atoms. The summed E-state index contributed by atoms with van der Waals surface area (Å²) in [6.07, 6.45) is 2.99. The van der Waals surface area contributed by atoms with E-state index in [0.29, 0.717) is 17.4 Å². The van der Waals surface area contributed by atoms with E-state index in [1.807, 2.05) is 0 Å². The van der Waals surface area contributed by atoms with E-state index in [2.05, 4.69) is 5.32 Å². The summed E-state index contributed by atoms with van der Waals surface area (Å²) in [5.41, 5.74) is 12.4. The summed E-state index contributed by atoms with van der Waals surface area (Å²) in [6, 6.07) is 5.72. The number of ether oxygens (including phenoxy) is 1. The number of primary amides is 1. The summed E-state index contributed by atoms with van der Waals surface area (Å²) in [7, 11) is 1.60. The second-order valence-electron chi connectivity index (χ2n) is 4.69. The molecule has 0 aromatic heterocycles. The molecule has 2 rings (SSSR count). The summed E-state index contributed by atoms with van der Waals surface area (Å²) in [5.74, 6) is 0.268. The predicted octanol–water partition coefficient (Wildman–Crippen LogP) is 1.09. The van der Waals surface area contributed by atoms with E-state index >= 15 is 0 Å². The fourth-order valence-electron chi connectivity index (χ4n) is 2.34. The van der Waals surface area contributed by atoms with Crippen LogP contribution < -0.4 is 21.5 Å². The summed E-state index contributed by atoms with van der Waals surface area (Å²) in [6.45, 7) is 0. The lowest BCUT2D eigenvalue weighted by Gasteiger charge is -2.17. The van der Waals surface area contributed by atoms with Gasteiger partial charge in [0.2, 0.25) is 5.91 Å². The van der Waals surface area contributed by atoms with E-state index in [-0.39, 0.29) is 6.04 Å². The van der Waals surface area contributed by atoms with Crippen molar-refractivity contribution >= 4 is 11.6 Å². The Bertz CT molecular complexity index is 448. The molecule has 18 heavy (non-hydrogen) atoms. The Kier molecular flexibility index (Phi) is 3.72. The molecule has 5 nitrogen and oxygen atoms in total. The van der Waals surface area contributed by atoms with Gasteiger partial charge in [-0.15, -0.1) is 0 Å². The Morgan fingerprint density at radius 2 is 2.22 bits per heavy atom. The van der Waals surface area contributed by atoms with Gasteiger partial charge in [0.05, 0.1) is 12.8 Å². The molecule has 1 aliphatic carbocycles. The van der Waals surface area contributed by atoms with Crippen molar-refractivity contribution in [3.05, 3.63) is 23.8 Å². The topological polar surface area (TPSA) is 90.4 Å². The molecule has 1 saturated carbocycles. The third-order valence-electron chi connectivity index (χ3n) is 3.32. The van der Waals surface area contributed by atoms with E-state index in [0.717, 1.165) is 24.9 Å². The molecule has 2 atom stereocenters. The van der Waals surface area contributed by atoms with Gasteiger partial charge in [0.25, 0.3) is 0 Å². The van der Waals surface area contributed by atoms with Crippen molar-refractivity contribution in [2.24, 2.45) is 11.5 Å². The zero-order valence-corrected chi connectivity index (χ0v) is 10.5. The molecule has 1 fully saturated rings. The predicted molar refractivity (Wildman–Crippen MR) is 70.7 cm³/mol. The summed E-state index contributed by atoms with van der Waals surface area (Å²) >= 11 is 0.